The second kappa shape index (κ2) is 3.33. The van der Waals surface area contributed by atoms with E-state index in [-0.39, 0.29) is 0 Å². The van der Waals surface area contributed by atoms with E-state index in [2.05, 4.69) is 5.32 Å². The predicted molar refractivity (Wildman–Crippen MR) is 55.7 cm³/mol. The molecule has 0 saturated carbocycles. The molecule has 1 aliphatic heterocycles. The number of fused-ring (bicyclic) bond motifs is 1. The van der Waals surface area contributed by atoms with Crippen LogP contribution in [0.15, 0.2) is 24.3 Å². The largest absolute Gasteiger partial charge is 0.423 e. The summed E-state index contributed by atoms with van der Waals surface area (Å²) in [6, 6.07) is 7.76. The summed E-state index contributed by atoms with van der Waals surface area (Å²) >= 11 is 6.42. The normalized spacial score (nSPS) is 15.5. The average molecular weight is 197 g/mol. The van der Waals surface area contributed by atoms with E-state index < -0.39 is 0 Å². The highest BCUT2D eigenvalue weighted by Gasteiger charge is 2.10. The Morgan fingerprint density at radius 2 is 2.25 bits per heavy atom. The van der Waals surface area contributed by atoms with Gasteiger partial charge in [0.2, 0.25) is 0 Å². The molecule has 0 aromatic heterocycles. The molecule has 1 aromatic carbocycles. The SMILES string of the molecule is S=C1CSOc2ccccc2N1. The first-order valence-corrected chi connectivity index (χ1v) is 4.86. The van der Waals surface area contributed by atoms with E-state index in [0.717, 1.165) is 16.4 Å². The Morgan fingerprint density at radius 1 is 1.42 bits per heavy atom. The van der Waals surface area contributed by atoms with Gasteiger partial charge in [0.25, 0.3) is 0 Å². The second-order valence-electron chi connectivity index (χ2n) is 2.39. The number of anilines is 1. The molecule has 12 heavy (non-hydrogen) atoms. The molecule has 1 aliphatic rings. The fourth-order valence-corrected chi connectivity index (χ4v) is 1.74. The lowest BCUT2D eigenvalue weighted by molar-refractivity contribution is 0.653. The summed E-state index contributed by atoms with van der Waals surface area (Å²) in [6.45, 7) is 0. The van der Waals surface area contributed by atoms with Crippen LogP contribution in [0.5, 0.6) is 5.75 Å². The molecule has 0 atom stereocenters. The molecule has 0 aliphatic carbocycles. The smallest absolute Gasteiger partial charge is 0.160 e. The van der Waals surface area contributed by atoms with Crippen molar-refractivity contribution in [2.75, 3.05) is 11.1 Å². The summed E-state index contributed by atoms with van der Waals surface area (Å²) in [4.78, 5) is 0.810. The lowest BCUT2D eigenvalue weighted by Crippen LogP contribution is -2.09. The molecule has 1 heterocycles. The molecule has 0 unspecified atom stereocenters. The maximum absolute atomic E-state index is 5.39. The van der Waals surface area contributed by atoms with Crippen molar-refractivity contribution in [3.8, 4) is 5.75 Å². The van der Waals surface area contributed by atoms with Crippen molar-refractivity contribution in [3.63, 3.8) is 0 Å². The van der Waals surface area contributed by atoms with E-state index >= 15 is 0 Å². The monoisotopic (exact) mass is 197 g/mol. The van der Waals surface area contributed by atoms with Gasteiger partial charge in [-0.25, -0.2) is 0 Å². The van der Waals surface area contributed by atoms with Gasteiger partial charge in [0, 0.05) is 0 Å². The Kier molecular flexibility index (Phi) is 2.19. The lowest BCUT2D eigenvalue weighted by atomic mass is 10.3. The Hall–Kier alpha value is -0.740. The summed E-state index contributed by atoms with van der Waals surface area (Å²) in [5.41, 5.74) is 0.951. The molecule has 0 amide bonds. The van der Waals surface area contributed by atoms with E-state index in [1.807, 2.05) is 24.3 Å². The Balaban J connectivity index is 2.37. The summed E-state index contributed by atoms with van der Waals surface area (Å²) in [5.74, 6) is 1.56. The van der Waals surface area contributed by atoms with Crippen LogP contribution >= 0.6 is 24.3 Å². The van der Waals surface area contributed by atoms with Crippen LogP contribution in [0.1, 0.15) is 0 Å². The molecule has 1 aromatic rings. The maximum atomic E-state index is 5.39. The van der Waals surface area contributed by atoms with E-state index in [4.69, 9.17) is 16.4 Å². The number of hydrogen-bond acceptors (Lipinski definition) is 3. The van der Waals surface area contributed by atoms with Crippen LogP contribution in [0.25, 0.3) is 0 Å². The van der Waals surface area contributed by atoms with Crippen LogP contribution in [-0.2, 0) is 0 Å². The maximum Gasteiger partial charge on any atom is 0.160 e. The van der Waals surface area contributed by atoms with Gasteiger partial charge in [-0.2, -0.15) is 0 Å². The molecular weight excluding hydrogens is 190 g/mol. The number of nitrogens with one attached hydrogen (secondary N) is 1. The van der Waals surface area contributed by atoms with Gasteiger partial charge in [-0.15, -0.1) is 0 Å². The summed E-state index contributed by atoms with van der Waals surface area (Å²) in [7, 11) is 0. The molecule has 0 bridgehead atoms. The first-order chi connectivity index (χ1) is 5.86. The van der Waals surface area contributed by atoms with Crippen molar-refractivity contribution < 1.29 is 4.18 Å². The van der Waals surface area contributed by atoms with E-state index in [1.54, 1.807) is 0 Å². The molecule has 2 rings (SSSR count). The second-order valence-corrected chi connectivity index (χ2v) is 3.57. The lowest BCUT2D eigenvalue weighted by Gasteiger charge is -2.03. The first kappa shape index (κ1) is 7.89. The Morgan fingerprint density at radius 3 is 3.17 bits per heavy atom. The van der Waals surface area contributed by atoms with E-state index in [0.29, 0.717) is 5.75 Å². The van der Waals surface area contributed by atoms with Crippen LogP contribution in [-0.4, -0.2) is 10.7 Å². The molecule has 0 radical (unpaired) electrons. The zero-order chi connectivity index (χ0) is 8.39. The topological polar surface area (TPSA) is 21.3 Å². The minimum atomic E-state index is 0.712. The highest BCUT2D eigenvalue weighted by molar-refractivity contribution is 7.97. The number of para-hydroxylation sites is 2. The van der Waals surface area contributed by atoms with Gasteiger partial charge in [-0.05, 0) is 12.1 Å². The standard InChI is InChI=1S/C8H7NOS2/c11-8-5-12-10-7-4-2-1-3-6(7)9-8/h1-4H,5H2,(H,9,11). The number of hydrogen-bond donors (Lipinski definition) is 1. The van der Waals surface area contributed by atoms with Crippen molar-refractivity contribution in [3.05, 3.63) is 24.3 Å². The van der Waals surface area contributed by atoms with Crippen LogP contribution in [0.2, 0.25) is 0 Å². The quantitative estimate of drug-likeness (QED) is 0.509. The predicted octanol–water partition coefficient (Wildman–Crippen LogP) is 2.47. The molecule has 0 saturated heterocycles. The number of thiocarbonyl (C=S) groups is 1. The Bertz CT molecular complexity index is 314. The molecule has 62 valence electrons. The van der Waals surface area contributed by atoms with Crippen LogP contribution < -0.4 is 9.50 Å². The van der Waals surface area contributed by atoms with Gasteiger partial charge in [0.15, 0.2) is 5.75 Å². The third-order valence-corrected chi connectivity index (χ3v) is 2.63. The van der Waals surface area contributed by atoms with Crippen LogP contribution in [0.4, 0.5) is 5.69 Å². The van der Waals surface area contributed by atoms with Crippen LogP contribution in [0.3, 0.4) is 0 Å². The highest BCUT2D eigenvalue weighted by atomic mass is 32.2. The zero-order valence-electron chi connectivity index (χ0n) is 6.24. The molecule has 2 nitrogen and oxygen atoms in total. The van der Waals surface area contributed by atoms with Crippen molar-refractivity contribution in [1.29, 1.82) is 0 Å². The number of rotatable bonds is 0. The molecular formula is C8H7NOS2. The van der Waals surface area contributed by atoms with Gasteiger partial charge in [0.1, 0.15) is 0 Å². The summed E-state index contributed by atoms with van der Waals surface area (Å²) in [6.07, 6.45) is 0. The van der Waals surface area contributed by atoms with Gasteiger partial charge >= 0.3 is 0 Å². The number of benzene rings is 1. The minimum Gasteiger partial charge on any atom is -0.423 e. The fourth-order valence-electron chi connectivity index (χ4n) is 0.975. The van der Waals surface area contributed by atoms with Gasteiger partial charge in [-0.3, -0.25) is 0 Å². The van der Waals surface area contributed by atoms with Gasteiger partial charge < -0.3 is 9.50 Å². The van der Waals surface area contributed by atoms with E-state index in [1.165, 1.54) is 12.0 Å². The third kappa shape index (κ3) is 1.54. The third-order valence-electron chi connectivity index (χ3n) is 1.50. The van der Waals surface area contributed by atoms with Gasteiger partial charge in [0.05, 0.1) is 28.5 Å². The summed E-state index contributed by atoms with van der Waals surface area (Å²) in [5, 5.41) is 3.11. The van der Waals surface area contributed by atoms with Gasteiger partial charge in [-0.1, -0.05) is 24.4 Å². The van der Waals surface area contributed by atoms with Crippen LogP contribution in [0, 0.1) is 0 Å². The molecule has 1 N–H and O–H groups in total. The van der Waals surface area contributed by atoms with Crippen molar-refractivity contribution in [1.82, 2.24) is 0 Å². The fraction of sp³-hybridized carbons (Fsp3) is 0.125. The molecule has 0 spiro atoms. The van der Waals surface area contributed by atoms with Crippen molar-refractivity contribution in [2.24, 2.45) is 0 Å². The van der Waals surface area contributed by atoms with Crippen molar-refractivity contribution >= 4 is 34.9 Å². The molecule has 0 fully saturated rings. The van der Waals surface area contributed by atoms with Crippen molar-refractivity contribution in [2.45, 2.75) is 0 Å². The average Bonchev–Trinajstić information content (AvgIpc) is 2.25. The Labute approximate surface area is 80.5 Å². The minimum absolute atomic E-state index is 0.712. The van der Waals surface area contributed by atoms with E-state index in [9.17, 15) is 0 Å². The highest BCUT2D eigenvalue weighted by Crippen LogP contribution is 2.29. The zero-order valence-corrected chi connectivity index (χ0v) is 7.87. The molecule has 4 heteroatoms. The first-order valence-electron chi connectivity index (χ1n) is 3.54. The summed E-state index contributed by atoms with van der Waals surface area (Å²) < 4.78 is 5.39.